The lowest BCUT2D eigenvalue weighted by Gasteiger charge is -2.36. The first-order valence-corrected chi connectivity index (χ1v) is 8.21. The van der Waals surface area contributed by atoms with Gasteiger partial charge in [0.1, 0.15) is 5.82 Å². The molecule has 0 radical (unpaired) electrons. The van der Waals surface area contributed by atoms with E-state index in [-0.39, 0.29) is 5.82 Å². The summed E-state index contributed by atoms with van der Waals surface area (Å²) in [6.07, 6.45) is 5.39. The molecule has 0 bridgehead atoms. The van der Waals surface area contributed by atoms with Crippen molar-refractivity contribution in [1.29, 1.82) is 0 Å². The molecule has 1 saturated carbocycles. The number of benzene rings is 1. The summed E-state index contributed by atoms with van der Waals surface area (Å²) >= 11 is 3.20. The lowest BCUT2D eigenvalue weighted by Crippen LogP contribution is -2.42. The number of nitrogens with one attached hydrogen (secondary N) is 1. The summed E-state index contributed by atoms with van der Waals surface area (Å²) in [5.74, 6) is -0.256. The lowest BCUT2D eigenvalue weighted by atomic mass is 9.78. The van der Waals surface area contributed by atoms with E-state index < -0.39 is 5.60 Å². The summed E-state index contributed by atoms with van der Waals surface area (Å²) in [5, 5.41) is 14.2. The molecule has 0 unspecified atom stereocenters. The monoisotopic (exact) mass is 343 g/mol. The fourth-order valence-electron chi connectivity index (χ4n) is 2.91. The van der Waals surface area contributed by atoms with Crippen LogP contribution in [0.4, 0.5) is 4.39 Å². The number of halogens is 2. The maximum absolute atomic E-state index is 13.2. The number of hydrogen-bond acceptors (Lipinski definition) is 2. The summed E-state index contributed by atoms with van der Waals surface area (Å²) in [4.78, 5) is 0. The average Bonchev–Trinajstić information content (AvgIpc) is 2.42. The van der Waals surface area contributed by atoms with Crippen molar-refractivity contribution in [2.75, 3.05) is 6.54 Å². The lowest BCUT2D eigenvalue weighted by molar-refractivity contribution is -0.00308. The molecule has 0 aliphatic heterocycles. The number of hydrogen-bond donors (Lipinski definition) is 2. The van der Waals surface area contributed by atoms with Crippen LogP contribution in [-0.4, -0.2) is 23.3 Å². The van der Waals surface area contributed by atoms with E-state index in [1.54, 1.807) is 12.1 Å². The Balaban J connectivity index is 1.91. The van der Waals surface area contributed by atoms with E-state index in [1.165, 1.54) is 6.07 Å². The van der Waals surface area contributed by atoms with Gasteiger partial charge in [-0.15, -0.1) is 0 Å². The van der Waals surface area contributed by atoms with Gasteiger partial charge in [0.2, 0.25) is 0 Å². The zero-order chi connectivity index (χ0) is 14.6. The topological polar surface area (TPSA) is 32.3 Å². The van der Waals surface area contributed by atoms with E-state index in [0.29, 0.717) is 16.9 Å². The third-order valence-electron chi connectivity index (χ3n) is 4.12. The van der Waals surface area contributed by atoms with E-state index in [9.17, 15) is 9.50 Å². The van der Waals surface area contributed by atoms with Crippen LogP contribution in [0, 0.1) is 5.82 Å². The van der Waals surface area contributed by atoms with Gasteiger partial charge in [-0.3, -0.25) is 0 Å². The first-order valence-electron chi connectivity index (χ1n) is 7.42. The Morgan fingerprint density at radius 2 is 2.10 bits per heavy atom. The van der Waals surface area contributed by atoms with Crippen LogP contribution < -0.4 is 5.32 Å². The van der Waals surface area contributed by atoms with Crippen molar-refractivity contribution in [3.63, 3.8) is 0 Å². The van der Waals surface area contributed by atoms with Crippen molar-refractivity contribution < 1.29 is 9.50 Å². The molecule has 0 spiro atoms. The molecule has 4 heteroatoms. The second-order valence-corrected chi connectivity index (χ2v) is 6.73. The smallest absolute Gasteiger partial charge is 0.137 e. The molecular weight excluding hydrogens is 321 g/mol. The Kier molecular flexibility index (Phi) is 5.58. The minimum absolute atomic E-state index is 0.256. The highest BCUT2D eigenvalue weighted by Crippen LogP contribution is 2.32. The standard InChI is InChI=1S/C16H23BrFNO/c1-2-9-19-13-5-7-16(20,8-6-13)11-12-3-4-15(18)14(17)10-12/h3-4,10,13,19-20H,2,5-9,11H2,1H3. The van der Waals surface area contributed by atoms with Gasteiger partial charge in [0, 0.05) is 12.5 Å². The maximum atomic E-state index is 13.2. The third-order valence-corrected chi connectivity index (χ3v) is 4.72. The highest BCUT2D eigenvalue weighted by molar-refractivity contribution is 9.10. The Bertz CT molecular complexity index is 444. The first-order chi connectivity index (χ1) is 9.52. The van der Waals surface area contributed by atoms with Crippen LogP contribution in [0.25, 0.3) is 0 Å². The van der Waals surface area contributed by atoms with Crippen molar-refractivity contribution in [3.05, 3.63) is 34.1 Å². The molecule has 0 heterocycles. The fourth-order valence-corrected chi connectivity index (χ4v) is 3.34. The SMILES string of the molecule is CCCNC1CCC(O)(Cc2ccc(F)c(Br)c2)CC1. The Morgan fingerprint density at radius 1 is 1.40 bits per heavy atom. The molecule has 112 valence electrons. The van der Waals surface area contributed by atoms with Crippen LogP contribution in [0.1, 0.15) is 44.6 Å². The molecule has 0 amide bonds. The predicted molar refractivity (Wildman–Crippen MR) is 83.3 cm³/mol. The quantitative estimate of drug-likeness (QED) is 0.852. The third kappa shape index (κ3) is 4.27. The molecule has 2 rings (SSSR count). The van der Waals surface area contributed by atoms with Gasteiger partial charge in [0.05, 0.1) is 10.1 Å². The van der Waals surface area contributed by atoms with Crippen LogP contribution in [0.15, 0.2) is 22.7 Å². The Labute approximate surface area is 128 Å². The van der Waals surface area contributed by atoms with Crippen molar-refractivity contribution in [2.24, 2.45) is 0 Å². The van der Waals surface area contributed by atoms with Gasteiger partial charge in [0.15, 0.2) is 0 Å². The van der Waals surface area contributed by atoms with Gasteiger partial charge < -0.3 is 10.4 Å². The molecule has 0 saturated heterocycles. The van der Waals surface area contributed by atoms with Gasteiger partial charge >= 0.3 is 0 Å². The van der Waals surface area contributed by atoms with Crippen molar-refractivity contribution >= 4 is 15.9 Å². The molecular formula is C16H23BrFNO. The van der Waals surface area contributed by atoms with E-state index in [2.05, 4.69) is 28.2 Å². The van der Waals surface area contributed by atoms with Gasteiger partial charge in [-0.05, 0) is 72.3 Å². The average molecular weight is 344 g/mol. The summed E-state index contributed by atoms with van der Waals surface area (Å²) in [7, 11) is 0. The molecule has 0 aromatic heterocycles. The predicted octanol–water partition coefficient (Wildman–Crippen LogP) is 3.80. The molecule has 1 aromatic carbocycles. The van der Waals surface area contributed by atoms with Gasteiger partial charge in [-0.1, -0.05) is 13.0 Å². The molecule has 1 aromatic rings. The van der Waals surface area contributed by atoms with E-state index in [4.69, 9.17) is 0 Å². The molecule has 1 aliphatic rings. The molecule has 1 fully saturated rings. The Hall–Kier alpha value is -0.450. The van der Waals surface area contributed by atoms with Gasteiger partial charge in [0.25, 0.3) is 0 Å². The molecule has 2 N–H and O–H groups in total. The minimum atomic E-state index is -0.637. The second kappa shape index (κ2) is 7.01. The van der Waals surface area contributed by atoms with Crippen molar-refractivity contribution in [1.82, 2.24) is 5.32 Å². The largest absolute Gasteiger partial charge is 0.390 e. The summed E-state index contributed by atoms with van der Waals surface area (Å²) in [6, 6.07) is 5.53. The highest BCUT2D eigenvalue weighted by Gasteiger charge is 2.33. The molecule has 20 heavy (non-hydrogen) atoms. The maximum Gasteiger partial charge on any atom is 0.137 e. The summed E-state index contributed by atoms with van der Waals surface area (Å²) < 4.78 is 13.7. The number of aliphatic hydroxyl groups is 1. The van der Waals surface area contributed by atoms with Gasteiger partial charge in [-0.2, -0.15) is 0 Å². The first kappa shape index (κ1) is 15.9. The summed E-state index contributed by atoms with van der Waals surface area (Å²) in [5.41, 5.74) is 0.350. The zero-order valence-electron chi connectivity index (χ0n) is 12.0. The van der Waals surface area contributed by atoms with Crippen molar-refractivity contribution in [3.8, 4) is 0 Å². The van der Waals surface area contributed by atoms with E-state index in [1.807, 2.05) is 0 Å². The van der Waals surface area contributed by atoms with Crippen LogP contribution in [0.5, 0.6) is 0 Å². The van der Waals surface area contributed by atoms with Crippen LogP contribution in [0.3, 0.4) is 0 Å². The summed E-state index contributed by atoms with van der Waals surface area (Å²) in [6.45, 7) is 3.21. The molecule has 1 aliphatic carbocycles. The molecule has 2 nitrogen and oxygen atoms in total. The van der Waals surface area contributed by atoms with Crippen LogP contribution >= 0.6 is 15.9 Å². The van der Waals surface area contributed by atoms with Crippen LogP contribution in [-0.2, 0) is 6.42 Å². The molecule has 0 atom stereocenters. The van der Waals surface area contributed by atoms with Crippen molar-refractivity contribution in [2.45, 2.75) is 57.1 Å². The van der Waals surface area contributed by atoms with E-state index in [0.717, 1.165) is 44.2 Å². The minimum Gasteiger partial charge on any atom is -0.390 e. The normalized spacial score (nSPS) is 26.7. The van der Waals surface area contributed by atoms with Crippen LogP contribution in [0.2, 0.25) is 0 Å². The zero-order valence-corrected chi connectivity index (χ0v) is 13.5. The fraction of sp³-hybridized carbons (Fsp3) is 0.625. The van der Waals surface area contributed by atoms with E-state index >= 15 is 0 Å². The highest BCUT2D eigenvalue weighted by atomic mass is 79.9. The van der Waals surface area contributed by atoms with Gasteiger partial charge in [-0.25, -0.2) is 4.39 Å². The number of rotatable bonds is 5. The Morgan fingerprint density at radius 3 is 2.70 bits per heavy atom. The second-order valence-electron chi connectivity index (χ2n) is 5.88.